The summed E-state index contributed by atoms with van der Waals surface area (Å²) < 4.78 is 13.4. The fraction of sp³-hybridized carbons (Fsp3) is 0.824. The molecule has 0 radical (unpaired) electrons. The Bertz CT molecular complexity index is 514. The van der Waals surface area contributed by atoms with Gasteiger partial charge in [0, 0.05) is 19.7 Å². The van der Waals surface area contributed by atoms with Crippen molar-refractivity contribution in [2.45, 2.75) is 57.8 Å². The van der Waals surface area contributed by atoms with Crippen molar-refractivity contribution in [2.75, 3.05) is 26.3 Å². The van der Waals surface area contributed by atoms with Crippen molar-refractivity contribution >= 4 is 5.91 Å². The zero-order chi connectivity index (χ0) is 16.9. The lowest BCUT2D eigenvalue weighted by Gasteiger charge is -2.35. The van der Waals surface area contributed by atoms with Gasteiger partial charge in [-0.05, 0) is 31.6 Å². The molecule has 134 valence electrons. The quantitative estimate of drug-likeness (QED) is 0.790. The fourth-order valence-corrected chi connectivity index (χ4v) is 3.49. The van der Waals surface area contributed by atoms with E-state index in [2.05, 4.69) is 10.1 Å². The van der Waals surface area contributed by atoms with E-state index in [4.69, 9.17) is 9.47 Å². The number of aromatic nitrogens is 3. The normalized spacial score (nSPS) is 26.0. The molecule has 0 aliphatic carbocycles. The van der Waals surface area contributed by atoms with Gasteiger partial charge in [-0.1, -0.05) is 13.8 Å². The SMILES string of the molecule is CC(C)[C@H](OC[C@H]1CCCO1)C(=O)N1CCC[C@H](n2cncn2)C1. The molecule has 2 aliphatic rings. The average Bonchev–Trinajstić information content (AvgIpc) is 3.28. The third-order valence-electron chi connectivity index (χ3n) is 4.85. The van der Waals surface area contributed by atoms with E-state index in [1.807, 2.05) is 23.4 Å². The molecule has 7 nitrogen and oxygen atoms in total. The van der Waals surface area contributed by atoms with E-state index in [1.165, 1.54) is 0 Å². The monoisotopic (exact) mass is 336 g/mol. The summed E-state index contributed by atoms with van der Waals surface area (Å²) in [6.45, 7) is 6.86. The van der Waals surface area contributed by atoms with Crippen molar-refractivity contribution in [1.82, 2.24) is 19.7 Å². The number of amides is 1. The Kier molecular flexibility index (Phi) is 5.84. The minimum atomic E-state index is -0.399. The van der Waals surface area contributed by atoms with Crippen LogP contribution in [0, 0.1) is 5.92 Å². The van der Waals surface area contributed by atoms with E-state index in [0.29, 0.717) is 13.2 Å². The molecule has 24 heavy (non-hydrogen) atoms. The molecule has 2 fully saturated rings. The first kappa shape index (κ1) is 17.4. The Hall–Kier alpha value is -1.47. The molecule has 0 unspecified atom stereocenters. The minimum Gasteiger partial charge on any atom is -0.376 e. The van der Waals surface area contributed by atoms with E-state index in [1.54, 1.807) is 12.7 Å². The number of likely N-dealkylation sites (tertiary alicyclic amines) is 1. The number of carbonyl (C=O) groups is 1. The van der Waals surface area contributed by atoms with Crippen molar-refractivity contribution in [3.05, 3.63) is 12.7 Å². The van der Waals surface area contributed by atoms with Crippen LogP contribution in [0.1, 0.15) is 45.6 Å². The van der Waals surface area contributed by atoms with Crippen LogP contribution >= 0.6 is 0 Å². The van der Waals surface area contributed by atoms with E-state index in [0.717, 1.165) is 38.8 Å². The summed E-state index contributed by atoms with van der Waals surface area (Å²) in [5.41, 5.74) is 0. The Morgan fingerprint density at radius 3 is 2.92 bits per heavy atom. The lowest BCUT2D eigenvalue weighted by atomic mass is 10.0. The van der Waals surface area contributed by atoms with Crippen molar-refractivity contribution in [3.63, 3.8) is 0 Å². The molecule has 3 atom stereocenters. The molecule has 1 aromatic heterocycles. The smallest absolute Gasteiger partial charge is 0.252 e. The molecule has 7 heteroatoms. The van der Waals surface area contributed by atoms with Gasteiger partial charge < -0.3 is 14.4 Å². The maximum absolute atomic E-state index is 13.0. The number of nitrogens with zero attached hydrogens (tertiary/aromatic N) is 4. The third kappa shape index (κ3) is 4.13. The molecule has 3 rings (SSSR count). The maximum atomic E-state index is 13.0. The van der Waals surface area contributed by atoms with E-state index < -0.39 is 6.10 Å². The number of piperidine rings is 1. The van der Waals surface area contributed by atoms with E-state index in [9.17, 15) is 4.79 Å². The van der Waals surface area contributed by atoms with Crippen molar-refractivity contribution in [1.29, 1.82) is 0 Å². The molecule has 0 N–H and O–H groups in total. The van der Waals surface area contributed by atoms with E-state index >= 15 is 0 Å². The van der Waals surface area contributed by atoms with Gasteiger partial charge in [0.2, 0.25) is 0 Å². The minimum absolute atomic E-state index is 0.0906. The predicted molar refractivity (Wildman–Crippen MR) is 88.4 cm³/mol. The van der Waals surface area contributed by atoms with Crippen LogP contribution in [-0.2, 0) is 14.3 Å². The molecule has 3 heterocycles. The third-order valence-corrected chi connectivity index (χ3v) is 4.85. The molecule has 2 saturated heterocycles. The first-order chi connectivity index (χ1) is 11.6. The van der Waals surface area contributed by atoms with Gasteiger partial charge in [0.1, 0.15) is 18.8 Å². The van der Waals surface area contributed by atoms with Crippen LogP contribution in [-0.4, -0.2) is 64.1 Å². The second kappa shape index (κ2) is 8.07. The number of hydrogen-bond donors (Lipinski definition) is 0. The fourth-order valence-electron chi connectivity index (χ4n) is 3.49. The van der Waals surface area contributed by atoms with Gasteiger partial charge in [-0.2, -0.15) is 5.10 Å². The van der Waals surface area contributed by atoms with Gasteiger partial charge in [0.05, 0.1) is 18.8 Å². The van der Waals surface area contributed by atoms with Gasteiger partial charge in [-0.25, -0.2) is 9.67 Å². The second-order valence-corrected chi connectivity index (χ2v) is 7.09. The van der Waals surface area contributed by atoms with Crippen molar-refractivity contribution in [3.8, 4) is 0 Å². The molecule has 2 aliphatic heterocycles. The summed E-state index contributed by atoms with van der Waals surface area (Å²) in [5.74, 6) is 0.235. The Morgan fingerprint density at radius 1 is 1.38 bits per heavy atom. The number of hydrogen-bond acceptors (Lipinski definition) is 5. The Labute approximate surface area is 143 Å². The van der Waals surface area contributed by atoms with Crippen LogP contribution in [0.15, 0.2) is 12.7 Å². The van der Waals surface area contributed by atoms with Crippen molar-refractivity contribution < 1.29 is 14.3 Å². The van der Waals surface area contributed by atoms with Crippen LogP contribution in [0.3, 0.4) is 0 Å². The molecular weight excluding hydrogens is 308 g/mol. The van der Waals surface area contributed by atoms with Gasteiger partial charge in [-0.15, -0.1) is 0 Å². The second-order valence-electron chi connectivity index (χ2n) is 7.09. The first-order valence-corrected chi connectivity index (χ1v) is 9.01. The molecule has 0 saturated carbocycles. The lowest BCUT2D eigenvalue weighted by Crippen LogP contribution is -2.48. The summed E-state index contributed by atoms with van der Waals surface area (Å²) >= 11 is 0. The van der Waals surface area contributed by atoms with Gasteiger partial charge in [0.25, 0.3) is 5.91 Å². The van der Waals surface area contributed by atoms with Crippen molar-refractivity contribution in [2.24, 2.45) is 5.92 Å². The topological polar surface area (TPSA) is 69.5 Å². The Morgan fingerprint density at radius 2 is 2.25 bits per heavy atom. The van der Waals surface area contributed by atoms with Gasteiger partial charge in [-0.3, -0.25) is 4.79 Å². The maximum Gasteiger partial charge on any atom is 0.252 e. The van der Waals surface area contributed by atoms with Crippen LogP contribution in [0.5, 0.6) is 0 Å². The molecule has 1 aromatic rings. The average molecular weight is 336 g/mol. The highest BCUT2D eigenvalue weighted by Crippen LogP contribution is 2.23. The summed E-state index contributed by atoms with van der Waals surface area (Å²) in [6.07, 6.45) is 7.13. The molecule has 0 bridgehead atoms. The van der Waals surface area contributed by atoms with Crippen LogP contribution in [0.4, 0.5) is 0 Å². The number of ether oxygens (including phenoxy) is 2. The standard InChI is InChI=1S/C17H28N4O3/c1-13(2)16(24-10-15-6-4-8-23-15)17(22)20-7-3-5-14(9-20)21-12-18-11-19-21/h11-16H,3-10H2,1-2H3/t14-,15+,16-/m0/s1. The highest BCUT2D eigenvalue weighted by atomic mass is 16.5. The highest BCUT2D eigenvalue weighted by molar-refractivity contribution is 5.81. The summed E-state index contributed by atoms with van der Waals surface area (Å²) in [7, 11) is 0. The number of rotatable bonds is 6. The lowest BCUT2D eigenvalue weighted by molar-refractivity contribution is -0.151. The molecule has 0 aromatic carbocycles. The zero-order valence-corrected chi connectivity index (χ0v) is 14.6. The summed E-state index contributed by atoms with van der Waals surface area (Å²) in [6, 6.07) is 0.205. The Balaban J connectivity index is 1.58. The van der Waals surface area contributed by atoms with Crippen LogP contribution in [0.2, 0.25) is 0 Å². The predicted octanol–water partition coefficient (Wildman–Crippen LogP) is 1.66. The van der Waals surface area contributed by atoms with Gasteiger partial charge >= 0.3 is 0 Å². The summed E-state index contributed by atoms with van der Waals surface area (Å²) in [4.78, 5) is 18.9. The largest absolute Gasteiger partial charge is 0.376 e. The number of carbonyl (C=O) groups excluding carboxylic acids is 1. The van der Waals surface area contributed by atoms with Crippen LogP contribution in [0.25, 0.3) is 0 Å². The highest BCUT2D eigenvalue weighted by Gasteiger charge is 2.33. The van der Waals surface area contributed by atoms with Crippen LogP contribution < -0.4 is 0 Å². The van der Waals surface area contributed by atoms with E-state index in [-0.39, 0.29) is 24.0 Å². The van der Waals surface area contributed by atoms with Gasteiger partial charge in [0.15, 0.2) is 0 Å². The molecule has 1 amide bonds. The molecular formula is C17H28N4O3. The zero-order valence-electron chi connectivity index (χ0n) is 14.6. The first-order valence-electron chi connectivity index (χ1n) is 9.01. The summed E-state index contributed by atoms with van der Waals surface area (Å²) in [5, 5.41) is 4.22. The molecule has 0 spiro atoms.